The molecule has 0 saturated heterocycles. The highest BCUT2D eigenvalue weighted by atomic mass is 19.1. The number of nitrogens with one attached hydrogen (secondary N) is 1. The van der Waals surface area contributed by atoms with Gasteiger partial charge in [-0.1, -0.05) is 18.2 Å². The Morgan fingerprint density at radius 3 is 2.41 bits per heavy atom. The number of rotatable bonds is 2. The van der Waals surface area contributed by atoms with E-state index in [9.17, 15) is 9.18 Å². The molecule has 0 fully saturated rings. The minimum atomic E-state index is -2.17. The van der Waals surface area contributed by atoms with Crippen LogP contribution in [0, 0.1) is 18.6 Å². The molecule has 2 heterocycles. The maximum Gasteiger partial charge on any atom is 0.260 e. The molecule has 0 aliphatic carbocycles. The number of fused-ring (bicyclic) bond motifs is 3. The molecule has 0 radical (unpaired) electrons. The molecule has 2 aromatic carbocycles. The van der Waals surface area contributed by atoms with Gasteiger partial charge in [-0.15, -0.1) is 0 Å². The molecular formula is C23H23F3N2O. The van der Waals surface area contributed by atoms with Crippen LogP contribution in [0.5, 0.6) is 0 Å². The Balaban J connectivity index is 2.02. The Morgan fingerprint density at radius 2 is 1.79 bits per heavy atom. The number of hydrogen-bond donors (Lipinski definition) is 1. The van der Waals surface area contributed by atoms with Crippen LogP contribution in [0.2, 0.25) is 0 Å². The van der Waals surface area contributed by atoms with Gasteiger partial charge in [-0.2, -0.15) is 0 Å². The number of alkyl halides is 1. The van der Waals surface area contributed by atoms with Crippen molar-refractivity contribution in [2.75, 3.05) is 0 Å². The van der Waals surface area contributed by atoms with E-state index in [1.807, 2.05) is 24.3 Å². The average Bonchev–Trinajstić information content (AvgIpc) is 2.98. The zero-order valence-corrected chi connectivity index (χ0v) is 16.8. The highest BCUT2D eigenvalue weighted by Gasteiger charge is 2.45. The van der Waals surface area contributed by atoms with Gasteiger partial charge in [0.05, 0.1) is 5.56 Å². The summed E-state index contributed by atoms with van der Waals surface area (Å²) in [7, 11) is 0. The third kappa shape index (κ3) is 3.11. The first-order valence-electron chi connectivity index (χ1n) is 9.66. The van der Waals surface area contributed by atoms with Gasteiger partial charge in [0.1, 0.15) is 17.7 Å². The first-order chi connectivity index (χ1) is 13.6. The monoisotopic (exact) mass is 400 g/mol. The van der Waals surface area contributed by atoms with Crippen LogP contribution in [0.3, 0.4) is 0 Å². The van der Waals surface area contributed by atoms with E-state index >= 15 is 8.78 Å². The minimum Gasteiger partial charge on any atom is -0.356 e. The van der Waals surface area contributed by atoms with Crippen molar-refractivity contribution in [2.24, 2.45) is 0 Å². The van der Waals surface area contributed by atoms with Crippen molar-refractivity contribution in [3.05, 3.63) is 70.4 Å². The van der Waals surface area contributed by atoms with Crippen LogP contribution in [-0.4, -0.2) is 27.5 Å². The Morgan fingerprint density at radius 1 is 1.17 bits per heavy atom. The van der Waals surface area contributed by atoms with Crippen LogP contribution in [0.4, 0.5) is 13.2 Å². The molecule has 4 rings (SSSR count). The molecule has 29 heavy (non-hydrogen) atoms. The normalized spacial score (nSPS) is 19.5. The summed E-state index contributed by atoms with van der Waals surface area (Å²) < 4.78 is 44.7. The van der Waals surface area contributed by atoms with Crippen molar-refractivity contribution < 1.29 is 18.0 Å². The van der Waals surface area contributed by atoms with Crippen LogP contribution in [0.25, 0.3) is 10.9 Å². The standard InChI is InChI=1S/C23H23F3N2O/c1-12-9-16(24)19(17(25)10-12)21-20-15(14-7-5-6-8-18(14)27-20)11-13(2)28(21)22(29)23(3,4)26/h5-10,13,21,27H,11H2,1-4H3/t13?,21-/m1/s1. The lowest BCUT2D eigenvalue weighted by molar-refractivity contribution is -0.146. The van der Waals surface area contributed by atoms with Gasteiger partial charge in [-0.3, -0.25) is 4.79 Å². The van der Waals surface area contributed by atoms with Gasteiger partial charge in [-0.25, -0.2) is 13.2 Å². The number of aromatic nitrogens is 1. The molecule has 1 unspecified atom stereocenters. The van der Waals surface area contributed by atoms with E-state index in [-0.39, 0.29) is 5.56 Å². The van der Waals surface area contributed by atoms with Crippen molar-refractivity contribution in [1.82, 2.24) is 9.88 Å². The molecule has 1 aliphatic rings. The topological polar surface area (TPSA) is 36.1 Å². The second kappa shape index (κ2) is 6.65. The SMILES string of the molecule is Cc1cc(F)c([C@@H]2c3[nH]c4ccccc4c3CC(C)N2C(=O)C(C)(C)F)c(F)c1. The summed E-state index contributed by atoms with van der Waals surface area (Å²) in [5.41, 5.74) is 0.270. The molecule has 6 heteroatoms. The second-order valence-corrected chi connectivity index (χ2v) is 8.35. The Bertz CT molecular complexity index is 1090. The highest BCUT2D eigenvalue weighted by Crippen LogP contribution is 2.43. The zero-order chi connectivity index (χ0) is 21.1. The predicted molar refractivity (Wildman–Crippen MR) is 106 cm³/mol. The number of H-pyrrole nitrogens is 1. The van der Waals surface area contributed by atoms with Crippen LogP contribution in [0.1, 0.15) is 49.2 Å². The van der Waals surface area contributed by atoms with Crippen molar-refractivity contribution >= 4 is 16.8 Å². The Hall–Kier alpha value is -2.76. The third-order valence-electron chi connectivity index (χ3n) is 5.61. The number of carbonyl (C=O) groups is 1. The van der Waals surface area contributed by atoms with E-state index in [4.69, 9.17) is 0 Å². The third-order valence-corrected chi connectivity index (χ3v) is 5.61. The molecule has 1 aromatic heterocycles. The maximum atomic E-state index is 15.0. The lowest BCUT2D eigenvalue weighted by atomic mass is 9.86. The largest absolute Gasteiger partial charge is 0.356 e. The molecule has 0 spiro atoms. The molecule has 2 atom stereocenters. The molecular weight excluding hydrogens is 377 g/mol. The lowest BCUT2D eigenvalue weighted by Crippen LogP contribution is -2.52. The smallest absolute Gasteiger partial charge is 0.260 e. The number of aromatic amines is 1. The molecule has 1 N–H and O–H groups in total. The number of nitrogens with zero attached hydrogens (tertiary/aromatic N) is 1. The lowest BCUT2D eigenvalue weighted by Gasteiger charge is -2.43. The fourth-order valence-electron chi connectivity index (χ4n) is 4.34. The fraction of sp³-hybridized carbons (Fsp3) is 0.348. The quantitative estimate of drug-likeness (QED) is 0.617. The fourth-order valence-corrected chi connectivity index (χ4v) is 4.34. The van der Waals surface area contributed by atoms with Crippen LogP contribution >= 0.6 is 0 Å². The first kappa shape index (κ1) is 19.6. The molecule has 152 valence electrons. The number of benzene rings is 2. The molecule has 3 nitrogen and oxygen atoms in total. The van der Waals surface area contributed by atoms with E-state index in [0.29, 0.717) is 17.7 Å². The molecule has 1 amide bonds. The molecule has 0 bridgehead atoms. The molecule has 0 saturated carbocycles. The first-order valence-corrected chi connectivity index (χ1v) is 9.66. The number of halogens is 3. The van der Waals surface area contributed by atoms with Gasteiger partial charge in [0.2, 0.25) is 0 Å². The number of aryl methyl sites for hydroxylation is 1. The van der Waals surface area contributed by atoms with E-state index in [0.717, 1.165) is 16.5 Å². The van der Waals surface area contributed by atoms with Crippen LogP contribution in [0.15, 0.2) is 36.4 Å². The number of hydrogen-bond acceptors (Lipinski definition) is 1. The van der Waals surface area contributed by atoms with E-state index in [2.05, 4.69) is 4.98 Å². The summed E-state index contributed by atoms with van der Waals surface area (Å²) in [6, 6.07) is 8.54. The van der Waals surface area contributed by atoms with Crippen molar-refractivity contribution in [3.63, 3.8) is 0 Å². The Kier molecular flexibility index (Phi) is 4.48. The summed E-state index contributed by atoms with van der Waals surface area (Å²) >= 11 is 0. The Labute approximate surface area is 167 Å². The van der Waals surface area contributed by atoms with E-state index < -0.39 is 35.3 Å². The summed E-state index contributed by atoms with van der Waals surface area (Å²) in [4.78, 5) is 17.5. The zero-order valence-electron chi connectivity index (χ0n) is 16.8. The second-order valence-electron chi connectivity index (χ2n) is 8.35. The summed E-state index contributed by atoms with van der Waals surface area (Å²) in [5.74, 6) is -2.29. The highest BCUT2D eigenvalue weighted by molar-refractivity contribution is 5.89. The molecule has 1 aliphatic heterocycles. The minimum absolute atomic E-state index is 0.243. The van der Waals surface area contributed by atoms with Gasteiger partial charge in [0.25, 0.3) is 5.91 Å². The number of amides is 1. The maximum absolute atomic E-state index is 15.0. The van der Waals surface area contributed by atoms with Gasteiger partial charge < -0.3 is 9.88 Å². The molecule has 3 aromatic rings. The summed E-state index contributed by atoms with van der Waals surface area (Å²) in [6.45, 7) is 5.72. The van der Waals surface area contributed by atoms with Crippen LogP contribution in [-0.2, 0) is 11.2 Å². The van der Waals surface area contributed by atoms with Crippen LogP contribution < -0.4 is 0 Å². The van der Waals surface area contributed by atoms with E-state index in [1.54, 1.807) is 13.8 Å². The van der Waals surface area contributed by atoms with Crippen molar-refractivity contribution in [1.29, 1.82) is 0 Å². The van der Waals surface area contributed by atoms with Crippen molar-refractivity contribution in [2.45, 2.75) is 51.9 Å². The number of para-hydroxylation sites is 1. The summed E-state index contributed by atoms with van der Waals surface area (Å²) in [6.07, 6.45) is 0.465. The predicted octanol–water partition coefficient (Wildman–Crippen LogP) is 5.37. The van der Waals surface area contributed by atoms with Crippen molar-refractivity contribution in [3.8, 4) is 0 Å². The van der Waals surface area contributed by atoms with E-state index in [1.165, 1.54) is 30.9 Å². The van der Waals surface area contributed by atoms with Gasteiger partial charge >= 0.3 is 0 Å². The van der Waals surface area contributed by atoms with Gasteiger partial charge in [-0.05, 0) is 63.4 Å². The van der Waals surface area contributed by atoms with Gasteiger partial charge in [0, 0.05) is 22.6 Å². The summed E-state index contributed by atoms with van der Waals surface area (Å²) in [5, 5.41) is 0.943. The average molecular weight is 400 g/mol. The number of carbonyl (C=O) groups excluding carboxylic acids is 1. The van der Waals surface area contributed by atoms with Gasteiger partial charge in [0.15, 0.2) is 5.67 Å².